The van der Waals surface area contributed by atoms with Crippen LogP contribution in [0, 0.1) is 11.7 Å². The first kappa shape index (κ1) is 12.2. The predicted octanol–water partition coefficient (Wildman–Crippen LogP) is 3.52. The summed E-state index contributed by atoms with van der Waals surface area (Å²) in [6.45, 7) is 7.45. The highest BCUT2D eigenvalue weighted by Crippen LogP contribution is 2.13. The Morgan fingerprint density at radius 1 is 1.27 bits per heavy atom. The maximum Gasteiger partial charge on any atom is 0.123 e. The van der Waals surface area contributed by atoms with Crippen molar-refractivity contribution in [1.82, 2.24) is 5.32 Å². The van der Waals surface area contributed by atoms with Gasteiger partial charge < -0.3 is 5.32 Å². The van der Waals surface area contributed by atoms with Gasteiger partial charge in [-0.1, -0.05) is 26.0 Å². The van der Waals surface area contributed by atoms with Crippen molar-refractivity contribution in [2.75, 3.05) is 6.54 Å². The van der Waals surface area contributed by atoms with Gasteiger partial charge in [-0.15, -0.1) is 0 Å². The van der Waals surface area contributed by atoms with Crippen LogP contribution in [0.5, 0.6) is 0 Å². The molecule has 0 bridgehead atoms. The van der Waals surface area contributed by atoms with Crippen molar-refractivity contribution < 1.29 is 4.39 Å². The largest absolute Gasteiger partial charge is 0.310 e. The molecule has 0 heterocycles. The van der Waals surface area contributed by atoms with Crippen molar-refractivity contribution >= 4 is 0 Å². The van der Waals surface area contributed by atoms with Crippen LogP contribution in [0.4, 0.5) is 4.39 Å². The third-order valence-electron chi connectivity index (χ3n) is 2.52. The van der Waals surface area contributed by atoms with Crippen LogP contribution in [0.2, 0.25) is 0 Å². The second-order valence-corrected chi connectivity index (χ2v) is 4.41. The number of hydrogen-bond acceptors (Lipinski definition) is 1. The van der Waals surface area contributed by atoms with Crippen LogP contribution in [0.3, 0.4) is 0 Å². The summed E-state index contributed by atoms with van der Waals surface area (Å²) in [7, 11) is 0. The lowest BCUT2D eigenvalue weighted by Crippen LogP contribution is -2.21. The molecule has 1 aromatic rings. The minimum Gasteiger partial charge on any atom is -0.310 e. The van der Waals surface area contributed by atoms with Crippen molar-refractivity contribution in [1.29, 1.82) is 0 Å². The Labute approximate surface area is 91.7 Å². The average molecular weight is 209 g/mol. The zero-order valence-corrected chi connectivity index (χ0v) is 9.76. The van der Waals surface area contributed by atoms with Gasteiger partial charge in [0.25, 0.3) is 0 Å². The van der Waals surface area contributed by atoms with Crippen LogP contribution in [0.25, 0.3) is 0 Å². The summed E-state index contributed by atoms with van der Waals surface area (Å²) in [6.07, 6.45) is 1.15. The molecular formula is C13H20FN. The van der Waals surface area contributed by atoms with Gasteiger partial charge in [0, 0.05) is 6.04 Å². The Bertz CT molecular complexity index is 296. The van der Waals surface area contributed by atoms with E-state index in [1.165, 1.54) is 6.07 Å². The quantitative estimate of drug-likeness (QED) is 0.782. The minimum atomic E-state index is -0.162. The maximum absolute atomic E-state index is 13.0. The first-order valence-corrected chi connectivity index (χ1v) is 5.58. The SMILES string of the molecule is CC(C)CCN[C@H](C)c1cccc(F)c1. The second-order valence-electron chi connectivity index (χ2n) is 4.41. The zero-order valence-electron chi connectivity index (χ0n) is 9.76. The van der Waals surface area contributed by atoms with Gasteiger partial charge in [0.15, 0.2) is 0 Å². The van der Waals surface area contributed by atoms with Crippen LogP contribution < -0.4 is 5.32 Å². The Morgan fingerprint density at radius 2 is 2.00 bits per heavy atom. The standard InChI is InChI=1S/C13H20FN/c1-10(2)7-8-15-11(3)12-5-4-6-13(14)9-12/h4-6,9-11,15H,7-8H2,1-3H3/t11-/m1/s1. The molecular weight excluding hydrogens is 189 g/mol. The van der Waals surface area contributed by atoms with Crippen LogP contribution in [0.15, 0.2) is 24.3 Å². The van der Waals surface area contributed by atoms with Gasteiger partial charge in [-0.25, -0.2) is 4.39 Å². The summed E-state index contributed by atoms with van der Waals surface area (Å²) >= 11 is 0. The van der Waals surface area contributed by atoms with Gasteiger partial charge in [0.2, 0.25) is 0 Å². The minimum absolute atomic E-state index is 0.162. The molecule has 0 aliphatic heterocycles. The topological polar surface area (TPSA) is 12.0 Å². The molecule has 0 aliphatic rings. The van der Waals surface area contributed by atoms with Crippen molar-refractivity contribution in [2.24, 2.45) is 5.92 Å². The molecule has 0 amide bonds. The summed E-state index contributed by atoms with van der Waals surface area (Å²) < 4.78 is 13.0. The Hall–Kier alpha value is -0.890. The van der Waals surface area contributed by atoms with Crippen LogP contribution >= 0.6 is 0 Å². The summed E-state index contributed by atoms with van der Waals surface area (Å²) in [4.78, 5) is 0. The van der Waals surface area contributed by atoms with E-state index in [-0.39, 0.29) is 11.9 Å². The highest BCUT2D eigenvalue weighted by atomic mass is 19.1. The van der Waals surface area contributed by atoms with Gasteiger partial charge in [-0.3, -0.25) is 0 Å². The van der Waals surface area contributed by atoms with E-state index in [0.29, 0.717) is 5.92 Å². The lowest BCUT2D eigenvalue weighted by molar-refractivity contribution is 0.495. The van der Waals surface area contributed by atoms with Crippen LogP contribution in [-0.4, -0.2) is 6.54 Å². The van der Waals surface area contributed by atoms with Crippen molar-refractivity contribution in [2.45, 2.75) is 33.2 Å². The monoisotopic (exact) mass is 209 g/mol. The Morgan fingerprint density at radius 3 is 2.60 bits per heavy atom. The Balaban J connectivity index is 2.43. The molecule has 0 spiro atoms. The first-order valence-electron chi connectivity index (χ1n) is 5.58. The maximum atomic E-state index is 13.0. The summed E-state index contributed by atoms with van der Waals surface area (Å²) in [6, 6.07) is 7.00. The van der Waals surface area contributed by atoms with E-state index >= 15 is 0 Å². The molecule has 0 unspecified atom stereocenters. The van der Waals surface area contributed by atoms with E-state index in [1.54, 1.807) is 12.1 Å². The highest BCUT2D eigenvalue weighted by molar-refractivity contribution is 5.19. The third kappa shape index (κ3) is 4.43. The van der Waals surface area contributed by atoms with Crippen molar-refractivity contribution in [3.05, 3.63) is 35.6 Å². The molecule has 0 radical (unpaired) electrons. The summed E-state index contributed by atoms with van der Waals surface area (Å²) in [5, 5.41) is 3.39. The number of benzene rings is 1. The fourth-order valence-corrected chi connectivity index (χ4v) is 1.48. The molecule has 84 valence electrons. The van der Waals surface area contributed by atoms with E-state index in [2.05, 4.69) is 26.1 Å². The van der Waals surface area contributed by atoms with Gasteiger partial charge in [0.05, 0.1) is 0 Å². The highest BCUT2D eigenvalue weighted by Gasteiger charge is 2.05. The number of halogens is 1. The lowest BCUT2D eigenvalue weighted by atomic mass is 10.1. The third-order valence-corrected chi connectivity index (χ3v) is 2.52. The van der Waals surface area contributed by atoms with Gasteiger partial charge in [-0.05, 0) is 43.5 Å². The van der Waals surface area contributed by atoms with E-state index in [9.17, 15) is 4.39 Å². The number of hydrogen-bond donors (Lipinski definition) is 1. The van der Waals surface area contributed by atoms with Crippen molar-refractivity contribution in [3.63, 3.8) is 0 Å². The molecule has 0 aliphatic carbocycles. The van der Waals surface area contributed by atoms with E-state index in [0.717, 1.165) is 18.5 Å². The smallest absolute Gasteiger partial charge is 0.123 e. The van der Waals surface area contributed by atoms with Crippen LogP contribution in [-0.2, 0) is 0 Å². The van der Waals surface area contributed by atoms with E-state index in [1.807, 2.05) is 6.07 Å². The van der Waals surface area contributed by atoms with Gasteiger partial charge in [-0.2, -0.15) is 0 Å². The number of nitrogens with one attached hydrogen (secondary N) is 1. The molecule has 1 rings (SSSR count). The average Bonchev–Trinajstić information content (AvgIpc) is 2.17. The molecule has 0 fully saturated rings. The molecule has 0 saturated carbocycles. The molecule has 2 heteroatoms. The molecule has 1 nitrogen and oxygen atoms in total. The lowest BCUT2D eigenvalue weighted by Gasteiger charge is -2.15. The summed E-state index contributed by atoms with van der Waals surface area (Å²) in [5.74, 6) is 0.544. The van der Waals surface area contributed by atoms with Crippen molar-refractivity contribution in [3.8, 4) is 0 Å². The number of rotatable bonds is 5. The molecule has 1 N–H and O–H groups in total. The fraction of sp³-hybridized carbons (Fsp3) is 0.538. The Kier molecular flexibility index (Phi) is 4.76. The second kappa shape index (κ2) is 5.86. The molecule has 0 saturated heterocycles. The predicted molar refractivity (Wildman–Crippen MR) is 62.3 cm³/mol. The normalized spacial score (nSPS) is 13.1. The van der Waals surface area contributed by atoms with Crippen LogP contribution in [0.1, 0.15) is 38.8 Å². The summed E-state index contributed by atoms with van der Waals surface area (Å²) in [5.41, 5.74) is 1.01. The first-order chi connectivity index (χ1) is 7.09. The van der Waals surface area contributed by atoms with E-state index < -0.39 is 0 Å². The fourth-order valence-electron chi connectivity index (χ4n) is 1.48. The molecule has 15 heavy (non-hydrogen) atoms. The molecule has 1 aromatic carbocycles. The zero-order chi connectivity index (χ0) is 11.3. The molecule has 0 aromatic heterocycles. The van der Waals surface area contributed by atoms with E-state index in [4.69, 9.17) is 0 Å². The van der Waals surface area contributed by atoms with Gasteiger partial charge in [0.1, 0.15) is 5.82 Å². The van der Waals surface area contributed by atoms with Gasteiger partial charge >= 0.3 is 0 Å². The molecule has 1 atom stereocenters.